The van der Waals surface area contributed by atoms with Crippen LogP contribution in [0.15, 0.2) is 42.5 Å². The number of aromatic nitrogens is 3. The number of nitrogens with one attached hydrogen (secondary N) is 1. The van der Waals surface area contributed by atoms with Crippen molar-refractivity contribution in [1.82, 2.24) is 14.8 Å². The number of amides is 1. The first-order valence-electron chi connectivity index (χ1n) is 11.3. The van der Waals surface area contributed by atoms with E-state index in [0.717, 1.165) is 16.9 Å². The Bertz CT molecular complexity index is 1140. The molecule has 1 aliphatic heterocycles. The van der Waals surface area contributed by atoms with E-state index in [1.54, 1.807) is 4.68 Å². The number of carbonyl (C=O) groups excluding carboxylic acids is 1. The van der Waals surface area contributed by atoms with Crippen molar-refractivity contribution in [3.63, 3.8) is 0 Å². The molecule has 0 saturated heterocycles. The maximum Gasteiger partial charge on any atom is 0.336 e. The summed E-state index contributed by atoms with van der Waals surface area (Å²) < 4.78 is 23.7. The summed E-state index contributed by atoms with van der Waals surface area (Å²) in [5.74, 6) is 1.92. The normalized spacial score (nSPS) is 12.6. The monoisotopic (exact) mass is 466 g/mol. The standard InChI is InChI=1S/C25H30N4O5/c1-5-31-12-13-32-24-27-23(17-6-11-20-21(14-17)34-16-33-20)29(28-24)19-9-7-18(8-10-19)26-22(30)15-25(2,3)4/h6-11,14H,5,12-13,15-16H2,1-4H3,(H,26,30). The molecule has 2 aromatic carbocycles. The lowest BCUT2D eigenvalue weighted by Gasteiger charge is -2.17. The van der Waals surface area contributed by atoms with Crippen LogP contribution in [0.3, 0.4) is 0 Å². The molecule has 0 bridgehead atoms. The number of rotatable bonds is 9. The summed E-state index contributed by atoms with van der Waals surface area (Å²) in [6.45, 7) is 9.64. The van der Waals surface area contributed by atoms with Crippen LogP contribution in [0.1, 0.15) is 34.1 Å². The van der Waals surface area contributed by atoms with E-state index in [1.165, 1.54) is 0 Å². The van der Waals surface area contributed by atoms with E-state index in [0.29, 0.717) is 43.6 Å². The fourth-order valence-electron chi connectivity index (χ4n) is 3.47. The molecule has 1 amide bonds. The molecule has 34 heavy (non-hydrogen) atoms. The van der Waals surface area contributed by atoms with Crippen molar-refractivity contribution in [3.05, 3.63) is 42.5 Å². The lowest BCUT2D eigenvalue weighted by Crippen LogP contribution is -2.19. The van der Waals surface area contributed by atoms with Gasteiger partial charge in [0.2, 0.25) is 12.7 Å². The van der Waals surface area contributed by atoms with Crippen molar-refractivity contribution < 1.29 is 23.7 Å². The van der Waals surface area contributed by atoms with Crippen molar-refractivity contribution in [1.29, 1.82) is 0 Å². The van der Waals surface area contributed by atoms with Crippen LogP contribution in [0.2, 0.25) is 0 Å². The second-order valence-electron chi connectivity index (χ2n) is 9.08. The number of ether oxygens (including phenoxy) is 4. The average Bonchev–Trinajstić information content (AvgIpc) is 3.42. The van der Waals surface area contributed by atoms with Crippen LogP contribution in [-0.4, -0.2) is 47.3 Å². The third-order valence-electron chi connectivity index (χ3n) is 4.97. The van der Waals surface area contributed by atoms with Gasteiger partial charge in [-0.3, -0.25) is 4.79 Å². The second kappa shape index (κ2) is 10.1. The highest BCUT2D eigenvalue weighted by Gasteiger charge is 2.20. The molecule has 0 unspecified atom stereocenters. The molecule has 0 radical (unpaired) electrons. The van der Waals surface area contributed by atoms with E-state index >= 15 is 0 Å². The van der Waals surface area contributed by atoms with Gasteiger partial charge in [-0.05, 0) is 54.8 Å². The minimum atomic E-state index is -0.0805. The van der Waals surface area contributed by atoms with Gasteiger partial charge in [0.1, 0.15) is 6.61 Å². The molecule has 4 rings (SSSR count). The van der Waals surface area contributed by atoms with Gasteiger partial charge in [0.05, 0.1) is 12.3 Å². The summed E-state index contributed by atoms with van der Waals surface area (Å²) in [7, 11) is 0. The van der Waals surface area contributed by atoms with E-state index in [4.69, 9.17) is 18.9 Å². The number of carbonyl (C=O) groups is 1. The fraction of sp³-hybridized carbons (Fsp3) is 0.400. The van der Waals surface area contributed by atoms with Crippen molar-refractivity contribution in [2.75, 3.05) is 31.9 Å². The lowest BCUT2D eigenvalue weighted by molar-refractivity contribution is -0.117. The Morgan fingerprint density at radius 1 is 1.09 bits per heavy atom. The molecule has 9 nitrogen and oxygen atoms in total. The Morgan fingerprint density at radius 2 is 1.85 bits per heavy atom. The predicted octanol–water partition coefficient (Wildman–Crippen LogP) is 4.45. The Kier molecular flexibility index (Phi) is 7.02. The number of benzene rings is 2. The molecule has 0 fully saturated rings. The van der Waals surface area contributed by atoms with E-state index in [9.17, 15) is 4.79 Å². The quantitative estimate of drug-likeness (QED) is 0.465. The fourth-order valence-corrected chi connectivity index (χ4v) is 3.47. The second-order valence-corrected chi connectivity index (χ2v) is 9.08. The molecular formula is C25H30N4O5. The maximum absolute atomic E-state index is 12.3. The third-order valence-corrected chi connectivity index (χ3v) is 4.97. The topological polar surface area (TPSA) is 96.7 Å². The molecule has 1 aromatic heterocycles. The summed E-state index contributed by atoms with van der Waals surface area (Å²) >= 11 is 0. The Hall–Kier alpha value is -3.59. The molecule has 0 atom stereocenters. The van der Waals surface area contributed by atoms with Crippen molar-refractivity contribution >= 4 is 11.6 Å². The first kappa shape index (κ1) is 23.6. The maximum atomic E-state index is 12.3. The largest absolute Gasteiger partial charge is 0.460 e. The highest BCUT2D eigenvalue weighted by molar-refractivity contribution is 5.91. The minimum Gasteiger partial charge on any atom is -0.460 e. The SMILES string of the molecule is CCOCCOc1nc(-c2ccc3c(c2)OCO3)n(-c2ccc(NC(=O)CC(C)(C)C)cc2)n1. The van der Waals surface area contributed by atoms with Crippen LogP contribution >= 0.6 is 0 Å². The van der Waals surface area contributed by atoms with E-state index in [1.807, 2.05) is 70.2 Å². The van der Waals surface area contributed by atoms with Gasteiger partial charge >= 0.3 is 6.01 Å². The van der Waals surface area contributed by atoms with E-state index in [-0.39, 0.29) is 24.1 Å². The van der Waals surface area contributed by atoms with Crippen LogP contribution in [0, 0.1) is 5.41 Å². The third kappa shape index (κ3) is 5.85. The van der Waals surface area contributed by atoms with Gasteiger partial charge in [0, 0.05) is 24.3 Å². The zero-order valence-corrected chi connectivity index (χ0v) is 20.0. The minimum absolute atomic E-state index is 0.0213. The molecule has 3 aromatic rings. The summed E-state index contributed by atoms with van der Waals surface area (Å²) in [5, 5.41) is 7.50. The van der Waals surface area contributed by atoms with Crippen LogP contribution in [0.5, 0.6) is 17.5 Å². The molecule has 2 heterocycles. The molecule has 0 saturated carbocycles. The first-order valence-corrected chi connectivity index (χ1v) is 11.3. The molecule has 1 aliphatic rings. The van der Waals surface area contributed by atoms with Crippen LogP contribution in [-0.2, 0) is 9.53 Å². The summed E-state index contributed by atoms with van der Waals surface area (Å²) in [4.78, 5) is 16.9. The van der Waals surface area contributed by atoms with Crippen LogP contribution < -0.4 is 19.5 Å². The number of nitrogens with zero attached hydrogens (tertiary/aromatic N) is 3. The summed E-state index contributed by atoms with van der Waals surface area (Å²) in [5.41, 5.74) is 2.21. The summed E-state index contributed by atoms with van der Waals surface area (Å²) in [6.07, 6.45) is 0.439. The Morgan fingerprint density at radius 3 is 2.59 bits per heavy atom. The summed E-state index contributed by atoms with van der Waals surface area (Å²) in [6, 6.07) is 13.3. The van der Waals surface area contributed by atoms with E-state index < -0.39 is 0 Å². The van der Waals surface area contributed by atoms with Gasteiger partial charge < -0.3 is 24.3 Å². The zero-order chi connectivity index (χ0) is 24.1. The molecular weight excluding hydrogens is 436 g/mol. The van der Waals surface area contributed by atoms with Crippen LogP contribution in [0.25, 0.3) is 17.1 Å². The first-order chi connectivity index (χ1) is 16.3. The highest BCUT2D eigenvalue weighted by Crippen LogP contribution is 2.36. The predicted molar refractivity (Wildman–Crippen MR) is 128 cm³/mol. The van der Waals surface area contributed by atoms with Gasteiger partial charge in [-0.25, -0.2) is 4.68 Å². The lowest BCUT2D eigenvalue weighted by atomic mass is 9.92. The van der Waals surface area contributed by atoms with Crippen molar-refractivity contribution in [2.45, 2.75) is 34.1 Å². The number of hydrogen-bond acceptors (Lipinski definition) is 7. The van der Waals surface area contributed by atoms with Gasteiger partial charge in [0.15, 0.2) is 17.3 Å². The van der Waals surface area contributed by atoms with Gasteiger partial charge in [-0.2, -0.15) is 4.98 Å². The molecule has 0 spiro atoms. The number of hydrogen-bond donors (Lipinski definition) is 1. The Balaban J connectivity index is 1.59. The highest BCUT2D eigenvalue weighted by atomic mass is 16.7. The van der Waals surface area contributed by atoms with E-state index in [2.05, 4.69) is 15.4 Å². The van der Waals surface area contributed by atoms with Crippen molar-refractivity contribution in [2.24, 2.45) is 5.41 Å². The smallest absolute Gasteiger partial charge is 0.336 e. The van der Waals surface area contributed by atoms with Crippen LogP contribution in [0.4, 0.5) is 5.69 Å². The number of anilines is 1. The van der Waals surface area contributed by atoms with Crippen molar-refractivity contribution in [3.8, 4) is 34.6 Å². The van der Waals surface area contributed by atoms with Gasteiger partial charge in [0.25, 0.3) is 0 Å². The van der Waals surface area contributed by atoms with Gasteiger partial charge in [-0.1, -0.05) is 20.8 Å². The molecule has 1 N–H and O–H groups in total. The molecule has 0 aliphatic carbocycles. The zero-order valence-electron chi connectivity index (χ0n) is 20.0. The number of fused-ring (bicyclic) bond motifs is 1. The Labute approximate surface area is 199 Å². The average molecular weight is 467 g/mol. The van der Waals surface area contributed by atoms with Gasteiger partial charge in [-0.15, -0.1) is 5.10 Å². The molecule has 180 valence electrons. The molecule has 9 heteroatoms.